The predicted octanol–water partition coefficient (Wildman–Crippen LogP) is 5.71. The minimum Gasteiger partial charge on any atom is -0.422 e. The molecule has 40 heavy (non-hydrogen) atoms. The Hall–Kier alpha value is -3.79. The Morgan fingerprint density at radius 1 is 1.00 bits per heavy atom. The number of imide groups is 1. The molecule has 0 unspecified atom stereocenters. The number of amides is 3. The summed E-state index contributed by atoms with van der Waals surface area (Å²) >= 11 is 13.4. The monoisotopic (exact) mass is 596 g/mol. The van der Waals surface area contributed by atoms with Crippen molar-refractivity contribution in [3.63, 3.8) is 0 Å². The normalized spacial score (nSPS) is 19.9. The average Bonchev–Trinajstić information content (AvgIpc) is 3.57. The molecule has 0 saturated carbocycles. The lowest BCUT2D eigenvalue weighted by Crippen LogP contribution is -2.52. The van der Waals surface area contributed by atoms with Gasteiger partial charge in [0.2, 0.25) is 0 Å². The van der Waals surface area contributed by atoms with Gasteiger partial charge < -0.3 is 4.74 Å². The maximum Gasteiger partial charge on any atom is 0.353 e. The van der Waals surface area contributed by atoms with Crippen molar-refractivity contribution in [1.82, 2.24) is 10.0 Å². The molecule has 0 radical (unpaired) electrons. The predicted molar refractivity (Wildman–Crippen MR) is 149 cm³/mol. The molecule has 0 bridgehead atoms. The third-order valence-electron chi connectivity index (χ3n) is 6.89. The van der Waals surface area contributed by atoms with E-state index in [1.807, 2.05) is 19.1 Å². The second-order valence-corrected chi connectivity index (χ2v) is 11.2. The van der Waals surface area contributed by atoms with Crippen LogP contribution >= 0.6 is 34.5 Å². The molecule has 11 heteroatoms. The third-order valence-corrected chi connectivity index (χ3v) is 8.48. The summed E-state index contributed by atoms with van der Waals surface area (Å²) in [6.07, 6.45) is 4.09. The van der Waals surface area contributed by atoms with Gasteiger partial charge in [0.05, 0.1) is 21.9 Å². The minimum absolute atomic E-state index is 0.0553. The maximum absolute atomic E-state index is 13.7. The van der Waals surface area contributed by atoms with Gasteiger partial charge in [-0.2, -0.15) is 5.01 Å². The van der Waals surface area contributed by atoms with Gasteiger partial charge in [-0.3, -0.25) is 19.2 Å². The first-order chi connectivity index (χ1) is 19.2. The Kier molecular flexibility index (Phi) is 7.89. The highest BCUT2D eigenvalue weighted by atomic mass is 35.5. The lowest BCUT2D eigenvalue weighted by molar-refractivity contribution is -0.154. The van der Waals surface area contributed by atoms with Crippen molar-refractivity contribution in [3.05, 3.63) is 98.2 Å². The zero-order valence-electron chi connectivity index (χ0n) is 21.1. The first kappa shape index (κ1) is 27.8. The Labute approximate surface area is 243 Å². The second-order valence-electron chi connectivity index (χ2n) is 9.45. The number of hydrogen-bond donors (Lipinski definition) is 0. The lowest BCUT2D eigenvalue weighted by Gasteiger charge is -2.30. The molecule has 5 rings (SSSR count). The van der Waals surface area contributed by atoms with E-state index >= 15 is 0 Å². The van der Waals surface area contributed by atoms with Crippen molar-refractivity contribution in [2.75, 3.05) is 6.54 Å². The zero-order chi connectivity index (χ0) is 28.6. The summed E-state index contributed by atoms with van der Waals surface area (Å²) in [5.41, 5.74) is 0.245. The van der Waals surface area contributed by atoms with Crippen molar-refractivity contribution in [2.24, 2.45) is 17.8 Å². The van der Waals surface area contributed by atoms with Crippen LogP contribution in [-0.4, -0.2) is 46.0 Å². The number of ether oxygens (including phenoxy) is 1. The Bertz CT molecular complexity index is 1540. The van der Waals surface area contributed by atoms with Crippen molar-refractivity contribution < 1.29 is 28.7 Å². The first-order valence-electron chi connectivity index (χ1n) is 12.4. The van der Waals surface area contributed by atoms with Crippen LogP contribution in [0.15, 0.2) is 72.1 Å². The molecule has 2 aliphatic rings. The van der Waals surface area contributed by atoms with E-state index in [0.717, 1.165) is 10.0 Å². The highest BCUT2D eigenvalue weighted by molar-refractivity contribution is 7.12. The quantitative estimate of drug-likeness (QED) is 0.114. The van der Waals surface area contributed by atoms with E-state index in [-0.39, 0.29) is 32.8 Å². The number of ketones is 1. The SMILES string of the molecule is C[C@@H]1C=CC[C@H]2C(=O)N(N(CC(=O)c3ccc(OC(=O)c4cccs4)cc3)C(=O)c3ccc(Cl)c(Cl)c3)C(=O)[C@H]12. The number of fused-ring (bicyclic) bond motifs is 1. The fourth-order valence-corrected chi connectivity index (χ4v) is 5.77. The average molecular weight is 597 g/mol. The van der Waals surface area contributed by atoms with Gasteiger partial charge in [0.1, 0.15) is 17.2 Å². The molecule has 3 aromatic rings. The molecule has 1 aliphatic heterocycles. The molecular formula is C29H22Cl2N2O6S. The summed E-state index contributed by atoms with van der Waals surface area (Å²) in [5.74, 6) is -4.12. The molecule has 0 N–H and O–H groups in total. The molecule has 2 heterocycles. The van der Waals surface area contributed by atoms with E-state index in [4.69, 9.17) is 27.9 Å². The van der Waals surface area contributed by atoms with Crippen LogP contribution in [0.4, 0.5) is 0 Å². The smallest absolute Gasteiger partial charge is 0.353 e. The van der Waals surface area contributed by atoms with Gasteiger partial charge in [-0.05, 0) is 66.2 Å². The fraction of sp³-hybridized carbons (Fsp3) is 0.207. The summed E-state index contributed by atoms with van der Waals surface area (Å²) in [7, 11) is 0. The number of nitrogens with zero attached hydrogens (tertiary/aromatic N) is 2. The number of carbonyl (C=O) groups excluding carboxylic acids is 5. The summed E-state index contributed by atoms with van der Waals surface area (Å²) in [4.78, 5) is 66.6. The summed E-state index contributed by atoms with van der Waals surface area (Å²) in [6.45, 7) is 1.25. The van der Waals surface area contributed by atoms with E-state index in [1.54, 1.807) is 17.5 Å². The van der Waals surface area contributed by atoms with Crippen LogP contribution in [0, 0.1) is 17.8 Å². The van der Waals surface area contributed by atoms with Gasteiger partial charge in [-0.25, -0.2) is 9.80 Å². The number of halogens is 2. The number of allylic oxidation sites excluding steroid dienone is 2. The number of thiophene rings is 1. The molecule has 204 valence electrons. The second kappa shape index (κ2) is 11.4. The topological polar surface area (TPSA) is 101 Å². The number of hydrazine groups is 1. The highest BCUT2D eigenvalue weighted by Gasteiger charge is 2.53. The maximum atomic E-state index is 13.7. The summed E-state index contributed by atoms with van der Waals surface area (Å²) in [5, 5.41) is 3.77. The van der Waals surface area contributed by atoms with Crippen LogP contribution in [0.5, 0.6) is 5.75 Å². The van der Waals surface area contributed by atoms with Gasteiger partial charge in [0, 0.05) is 11.1 Å². The van der Waals surface area contributed by atoms with Crippen LogP contribution < -0.4 is 4.74 Å². The van der Waals surface area contributed by atoms with Gasteiger partial charge in [0.25, 0.3) is 17.7 Å². The van der Waals surface area contributed by atoms with Gasteiger partial charge in [-0.1, -0.05) is 48.3 Å². The summed E-state index contributed by atoms with van der Waals surface area (Å²) < 4.78 is 5.33. The van der Waals surface area contributed by atoms with Gasteiger partial charge in [-0.15, -0.1) is 11.3 Å². The molecule has 8 nitrogen and oxygen atoms in total. The molecule has 1 fully saturated rings. The Morgan fingerprint density at radius 2 is 1.73 bits per heavy atom. The van der Waals surface area contributed by atoms with Gasteiger partial charge >= 0.3 is 5.97 Å². The number of rotatable bonds is 7. The standard InChI is InChI=1S/C29H22Cl2N2O6S/c1-16-4-2-5-20-25(16)28(37)33(27(20)36)32(26(35)18-9-12-21(30)22(31)14-18)15-23(34)17-7-10-19(11-8-17)39-29(38)24-6-3-13-40-24/h2-4,6-14,16,20,25H,5,15H2,1H3/t16-,20-,25-/m1/s1. The molecular weight excluding hydrogens is 575 g/mol. The van der Waals surface area contributed by atoms with E-state index in [9.17, 15) is 24.0 Å². The first-order valence-corrected chi connectivity index (χ1v) is 14.0. The molecule has 1 aliphatic carbocycles. The molecule has 1 saturated heterocycles. The van der Waals surface area contributed by atoms with Crippen molar-refractivity contribution in [3.8, 4) is 5.75 Å². The van der Waals surface area contributed by atoms with Crippen molar-refractivity contribution in [1.29, 1.82) is 0 Å². The highest BCUT2D eigenvalue weighted by Crippen LogP contribution is 2.39. The zero-order valence-corrected chi connectivity index (χ0v) is 23.4. The largest absolute Gasteiger partial charge is 0.422 e. The molecule has 3 atom stereocenters. The fourth-order valence-electron chi connectivity index (χ4n) is 4.87. The summed E-state index contributed by atoms with van der Waals surface area (Å²) in [6, 6.07) is 13.3. The van der Waals surface area contributed by atoms with Crippen molar-refractivity contribution >= 4 is 64.0 Å². The van der Waals surface area contributed by atoms with E-state index in [0.29, 0.717) is 11.3 Å². The van der Waals surface area contributed by atoms with Crippen LogP contribution in [-0.2, 0) is 9.59 Å². The van der Waals surface area contributed by atoms with Crippen LogP contribution in [0.2, 0.25) is 10.0 Å². The molecule has 3 amide bonds. The number of benzene rings is 2. The molecule has 1 aromatic heterocycles. The van der Waals surface area contributed by atoms with Crippen LogP contribution in [0.1, 0.15) is 43.7 Å². The van der Waals surface area contributed by atoms with Crippen LogP contribution in [0.25, 0.3) is 0 Å². The Balaban J connectivity index is 1.41. The number of carbonyl (C=O) groups is 5. The number of Topliss-reactive ketones (excluding diaryl/α,β-unsaturated/α-hetero) is 1. The number of esters is 1. The molecule has 2 aromatic carbocycles. The Morgan fingerprint density at radius 3 is 2.38 bits per heavy atom. The van der Waals surface area contributed by atoms with E-state index in [1.165, 1.54) is 53.8 Å². The third kappa shape index (κ3) is 5.32. The van der Waals surface area contributed by atoms with E-state index in [2.05, 4.69) is 0 Å². The van der Waals surface area contributed by atoms with Crippen molar-refractivity contribution in [2.45, 2.75) is 13.3 Å². The lowest BCUT2D eigenvalue weighted by atomic mass is 9.78. The number of hydrogen-bond acceptors (Lipinski definition) is 7. The van der Waals surface area contributed by atoms with E-state index < -0.39 is 47.9 Å². The molecule has 0 spiro atoms. The minimum atomic E-state index is -0.755. The van der Waals surface area contributed by atoms with Gasteiger partial charge in [0.15, 0.2) is 5.78 Å². The van der Waals surface area contributed by atoms with Crippen LogP contribution in [0.3, 0.4) is 0 Å².